The molecule has 0 unspecified atom stereocenters. The van der Waals surface area contributed by atoms with E-state index < -0.39 is 79.7 Å². The van der Waals surface area contributed by atoms with Gasteiger partial charge >= 0.3 is 5.69 Å². The van der Waals surface area contributed by atoms with Crippen molar-refractivity contribution in [2.24, 2.45) is 0 Å². The Hall–Kier alpha value is -2.52. The van der Waals surface area contributed by atoms with Crippen LogP contribution < -0.4 is 10.6 Å². The molecule has 0 N–H and O–H groups in total. The summed E-state index contributed by atoms with van der Waals surface area (Å²) in [7, 11) is -3.17. The number of anilines is 1. The smallest absolute Gasteiger partial charge is 0.358 e. The highest BCUT2D eigenvalue weighted by Gasteiger charge is 2.43. The van der Waals surface area contributed by atoms with Crippen molar-refractivity contribution in [3.05, 3.63) is 40.7 Å². The maximum atomic E-state index is 13.6. The second-order valence-corrected chi connectivity index (χ2v) is 6.34. The molecule has 1 saturated heterocycles. The number of methoxy groups -OCH3 is 1. The van der Waals surface area contributed by atoms with Crippen molar-refractivity contribution in [2.75, 3.05) is 31.6 Å². The number of ether oxygens (including phenoxy) is 1. The molecule has 0 atom stereocenters. The van der Waals surface area contributed by atoms with Gasteiger partial charge in [0, 0.05) is 60.9 Å². The lowest BCUT2D eigenvalue weighted by Gasteiger charge is -2.47. The van der Waals surface area contributed by atoms with E-state index >= 15 is 0 Å². The maximum Gasteiger partial charge on any atom is 0.363 e. The van der Waals surface area contributed by atoms with Crippen LogP contribution in [0.5, 0.6) is 0 Å². The first kappa shape index (κ1) is 10.5. The van der Waals surface area contributed by atoms with Gasteiger partial charge in [0.15, 0.2) is 0 Å². The summed E-state index contributed by atoms with van der Waals surface area (Å²) in [6.45, 7) is -0.379. The van der Waals surface area contributed by atoms with Gasteiger partial charge < -0.3 is 9.64 Å². The number of aryl methyl sites for hydroxylation is 1. The first-order chi connectivity index (χ1) is 18.7. The molecule has 0 spiro atoms. The molecule has 3 rings (SSSR count). The molecule has 2 heterocycles. The Bertz CT molecular complexity index is 1330. The molecular formula is C20H30N6O3. The van der Waals surface area contributed by atoms with Crippen molar-refractivity contribution in [1.82, 2.24) is 24.7 Å². The van der Waals surface area contributed by atoms with Crippen molar-refractivity contribution in [3.63, 3.8) is 0 Å². The average Bonchev–Trinajstić information content (AvgIpc) is 3.24. The summed E-state index contributed by atoms with van der Waals surface area (Å²) >= 11 is 0. The number of tetrazole rings is 1. The van der Waals surface area contributed by atoms with Crippen molar-refractivity contribution < 1.29 is 26.0 Å². The minimum Gasteiger partial charge on any atom is -0.358 e. The molecule has 9 heteroatoms. The highest BCUT2D eigenvalue weighted by Crippen LogP contribution is 2.34. The molecule has 0 radical (unpaired) electrons. The topological polar surface area (TPSA) is 85.5 Å². The van der Waals surface area contributed by atoms with Gasteiger partial charge in [0.05, 0.1) is 20.2 Å². The molecular weight excluding hydrogens is 372 g/mol. The Morgan fingerprint density at radius 3 is 2.55 bits per heavy atom. The minimum atomic E-state index is -3.17. The van der Waals surface area contributed by atoms with E-state index in [4.69, 9.17) is 21.2 Å². The number of nitrogens with zero attached hydrogens (tertiary/aromatic N) is 6. The second kappa shape index (κ2) is 9.32. The first-order valence-corrected chi connectivity index (χ1v) is 9.04. The van der Waals surface area contributed by atoms with E-state index in [2.05, 4.69) is 10.4 Å². The fraction of sp³-hybridized carbons (Fsp3) is 0.600. The summed E-state index contributed by atoms with van der Waals surface area (Å²) in [5.74, 6) is -1.40. The molecule has 0 aliphatic carbocycles. The standard InChI is InChI=1S/C20H30N6O3/c1-4-18(27)26(17-9-7-6-8-10-17)20(29-3)11-13-23(14-12-20)15-16-25-19(28)24(5-2)21-22-25/h6-10H,4-5,11-16H2,1-3H3/i3D3,4D2,6D,7D,8D,9D,10D,16D2. The number of hydrogen-bond donors (Lipinski definition) is 0. The van der Waals surface area contributed by atoms with Gasteiger partial charge in [-0.3, -0.25) is 9.69 Å². The third kappa shape index (κ3) is 4.40. The van der Waals surface area contributed by atoms with E-state index in [0.717, 1.165) is 11.6 Å². The van der Waals surface area contributed by atoms with Crippen LogP contribution in [0.1, 0.15) is 49.5 Å². The second-order valence-electron chi connectivity index (χ2n) is 6.34. The van der Waals surface area contributed by atoms with E-state index in [1.54, 1.807) is 6.92 Å². The van der Waals surface area contributed by atoms with E-state index in [1.807, 2.05) is 0 Å². The summed E-state index contributed by atoms with van der Waals surface area (Å²) in [6, 6.07) is -4.14. The zero-order chi connectivity index (χ0) is 31.3. The monoisotopic (exact) mass is 414 g/mol. The van der Waals surface area contributed by atoms with Gasteiger partial charge in [-0.25, -0.2) is 4.79 Å². The number of hydrogen-bond acceptors (Lipinski definition) is 6. The molecule has 29 heavy (non-hydrogen) atoms. The lowest BCUT2D eigenvalue weighted by atomic mass is 9.96. The van der Waals surface area contributed by atoms with E-state index in [9.17, 15) is 9.59 Å². The van der Waals surface area contributed by atoms with Crippen LogP contribution in [0.4, 0.5) is 5.69 Å². The van der Waals surface area contributed by atoms with Crippen LogP contribution >= 0.6 is 0 Å². The number of benzene rings is 1. The van der Waals surface area contributed by atoms with Crippen molar-refractivity contribution >= 4 is 11.6 Å². The predicted octanol–water partition coefficient (Wildman–Crippen LogP) is 1.34. The third-order valence-corrected chi connectivity index (χ3v) is 4.75. The molecule has 158 valence electrons. The van der Waals surface area contributed by atoms with Crippen molar-refractivity contribution in [2.45, 2.75) is 51.8 Å². The first-order valence-electron chi connectivity index (χ1n) is 15.0. The van der Waals surface area contributed by atoms with Crippen LogP contribution in [0.25, 0.3) is 0 Å². The molecule has 9 nitrogen and oxygen atoms in total. The van der Waals surface area contributed by atoms with Gasteiger partial charge in [0.1, 0.15) is 5.72 Å². The SMILES string of the molecule is [2H]c1c([2H])c([2H])c(N(C(=O)C([2H])([2H])C)C2(OC([2H])([2H])[2H])CCN(CC([2H])([2H])n3nnn(CC)c3=O)CC2)c([2H])c1[2H]. The van der Waals surface area contributed by atoms with Crippen LogP contribution in [-0.4, -0.2) is 63.0 Å². The van der Waals surface area contributed by atoms with Gasteiger partial charge in [-0.15, -0.1) is 0 Å². The number of amides is 1. The number of carbonyl (C=O) groups is 1. The molecule has 1 aromatic carbocycles. The third-order valence-electron chi connectivity index (χ3n) is 4.75. The van der Waals surface area contributed by atoms with Crippen LogP contribution in [0.3, 0.4) is 0 Å². The van der Waals surface area contributed by atoms with E-state index in [0.29, 0.717) is 9.58 Å². The van der Waals surface area contributed by atoms with E-state index in [1.165, 1.54) is 4.90 Å². The Morgan fingerprint density at radius 1 is 1.28 bits per heavy atom. The van der Waals surface area contributed by atoms with Gasteiger partial charge in [0.2, 0.25) is 5.91 Å². The summed E-state index contributed by atoms with van der Waals surface area (Å²) in [5.41, 5.74) is -3.74. The molecule has 0 bridgehead atoms. The summed E-state index contributed by atoms with van der Waals surface area (Å²) < 4.78 is 104. The Balaban J connectivity index is 2.09. The highest BCUT2D eigenvalue weighted by atomic mass is 16.5. The summed E-state index contributed by atoms with van der Waals surface area (Å²) in [4.78, 5) is 28.0. The minimum absolute atomic E-state index is 0.151. The number of para-hydroxylation sites is 1. The van der Waals surface area contributed by atoms with Crippen molar-refractivity contribution in [3.8, 4) is 0 Å². The van der Waals surface area contributed by atoms with Gasteiger partial charge in [-0.05, 0) is 29.4 Å². The molecule has 1 amide bonds. The molecule has 1 fully saturated rings. The number of piperidine rings is 1. The average molecular weight is 415 g/mol. The lowest BCUT2D eigenvalue weighted by Crippen LogP contribution is -2.59. The molecule has 1 aromatic heterocycles. The maximum absolute atomic E-state index is 13.6. The number of carbonyl (C=O) groups excluding carboxylic acids is 1. The Kier molecular flexibility index (Phi) is 3.37. The predicted molar refractivity (Wildman–Crippen MR) is 110 cm³/mol. The highest BCUT2D eigenvalue weighted by molar-refractivity contribution is 5.94. The van der Waals surface area contributed by atoms with E-state index in [-0.39, 0.29) is 32.5 Å². The molecule has 2 aromatic rings. The van der Waals surface area contributed by atoms with Crippen LogP contribution in [0.15, 0.2) is 35.0 Å². The summed E-state index contributed by atoms with van der Waals surface area (Å²) in [5, 5.41) is 7.20. The number of aromatic nitrogens is 4. The Morgan fingerprint density at radius 2 is 1.97 bits per heavy atom. The fourth-order valence-corrected chi connectivity index (χ4v) is 3.13. The zero-order valence-corrected chi connectivity index (χ0v) is 16.2. The zero-order valence-electron chi connectivity index (χ0n) is 28.2. The van der Waals surface area contributed by atoms with Crippen molar-refractivity contribution in [1.29, 1.82) is 0 Å². The largest absolute Gasteiger partial charge is 0.363 e. The Labute approximate surface area is 187 Å². The fourth-order valence-electron chi connectivity index (χ4n) is 3.13. The van der Waals surface area contributed by atoms with Gasteiger partial charge in [0.25, 0.3) is 0 Å². The molecule has 1 aliphatic heterocycles. The summed E-state index contributed by atoms with van der Waals surface area (Å²) in [6.07, 6.45) is -3.46. The number of rotatable bonds is 8. The normalized spacial score (nSPS) is 24.1. The van der Waals surface area contributed by atoms with Crippen LogP contribution in [0, 0.1) is 0 Å². The molecule has 1 aliphatic rings. The quantitative estimate of drug-likeness (QED) is 0.606. The lowest BCUT2D eigenvalue weighted by molar-refractivity contribution is -0.128. The number of likely N-dealkylation sites (tertiary alicyclic amines) is 1. The van der Waals surface area contributed by atoms with Crippen LogP contribution in [0.2, 0.25) is 0 Å². The van der Waals surface area contributed by atoms with Gasteiger partial charge in [-0.2, -0.15) is 9.36 Å². The molecule has 0 saturated carbocycles. The van der Waals surface area contributed by atoms with Crippen LogP contribution in [-0.2, 0) is 22.6 Å². The van der Waals surface area contributed by atoms with Gasteiger partial charge in [-0.1, -0.05) is 25.1 Å².